The maximum Gasteiger partial charge on any atom is 0.152 e. The van der Waals surface area contributed by atoms with Gasteiger partial charge in [0.2, 0.25) is 0 Å². The summed E-state index contributed by atoms with van der Waals surface area (Å²) in [6.45, 7) is 3.73. The third-order valence-corrected chi connectivity index (χ3v) is 2.68. The molecule has 1 saturated carbocycles. The fraction of sp³-hybridized carbons (Fsp3) is 0.727. The van der Waals surface area contributed by atoms with E-state index in [1.54, 1.807) is 13.0 Å². The Balaban J connectivity index is 2.49. The molecule has 0 unspecified atom stereocenters. The molecule has 0 aromatic carbocycles. The number of ketones is 1. The third-order valence-electron chi connectivity index (χ3n) is 2.68. The molecule has 0 bridgehead atoms. The summed E-state index contributed by atoms with van der Waals surface area (Å²) in [5.41, 5.74) is 1.29. The minimum absolute atomic E-state index is 0.193. The van der Waals surface area contributed by atoms with E-state index in [1.165, 1.54) is 37.7 Å². The fourth-order valence-electron chi connectivity index (χ4n) is 2.00. The van der Waals surface area contributed by atoms with Gasteiger partial charge in [0.25, 0.3) is 0 Å². The average Bonchev–Trinajstić information content (AvgIpc) is 2.05. The van der Waals surface area contributed by atoms with E-state index in [4.69, 9.17) is 0 Å². The van der Waals surface area contributed by atoms with Gasteiger partial charge in [-0.2, -0.15) is 0 Å². The molecule has 68 valence electrons. The highest BCUT2D eigenvalue weighted by atomic mass is 16.1. The van der Waals surface area contributed by atoms with Crippen molar-refractivity contribution in [3.8, 4) is 0 Å². The van der Waals surface area contributed by atoms with E-state index in [0.29, 0.717) is 5.92 Å². The second kappa shape index (κ2) is 4.44. The Morgan fingerprint density at radius 2 is 1.75 bits per heavy atom. The van der Waals surface area contributed by atoms with Gasteiger partial charge in [0.15, 0.2) is 5.78 Å². The molecule has 0 saturated heterocycles. The minimum atomic E-state index is 0.193. The van der Waals surface area contributed by atoms with Crippen LogP contribution in [0.1, 0.15) is 46.0 Å². The van der Waals surface area contributed by atoms with Crippen molar-refractivity contribution < 1.29 is 4.79 Å². The van der Waals surface area contributed by atoms with Crippen LogP contribution in [-0.2, 0) is 4.79 Å². The molecule has 0 aromatic rings. The summed E-state index contributed by atoms with van der Waals surface area (Å²) in [7, 11) is 0. The van der Waals surface area contributed by atoms with E-state index < -0.39 is 0 Å². The Hall–Kier alpha value is -0.590. The largest absolute Gasteiger partial charge is 0.295 e. The molecule has 0 N–H and O–H groups in total. The van der Waals surface area contributed by atoms with Gasteiger partial charge >= 0.3 is 0 Å². The lowest BCUT2D eigenvalue weighted by Gasteiger charge is -2.21. The molecule has 0 heterocycles. The lowest BCUT2D eigenvalue weighted by molar-refractivity contribution is -0.112. The molecule has 0 aromatic heterocycles. The van der Waals surface area contributed by atoms with Crippen LogP contribution >= 0.6 is 0 Å². The van der Waals surface area contributed by atoms with Gasteiger partial charge in [-0.05, 0) is 38.7 Å². The summed E-state index contributed by atoms with van der Waals surface area (Å²) < 4.78 is 0. The summed E-state index contributed by atoms with van der Waals surface area (Å²) in [5.74, 6) is 0.890. The van der Waals surface area contributed by atoms with E-state index in [0.717, 1.165) is 0 Å². The number of carbonyl (C=O) groups excluding carboxylic acids is 1. The van der Waals surface area contributed by atoms with Gasteiger partial charge in [-0.1, -0.05) is 24.8 Å². The van der Waals surface area contributed by atoms with Gasteiger partial charge in [0.05, 0.1) is 0 Å². The van der Waals surface area contributed by atoms with Crippen LogP contribution in [0.5, 0.6) is 0 Å². The van der Waals surface area contributed by atoms with Crippen molar-refractivity contribution in [1.82, 2.24) is 0 Å². The van der Waals surface area contributed by atoms with Gasteiger partial charge in [-0.25, -0.2) is 0 Å². The van der Waals surface area contributed by atoms with Crippen molar-refractivity contribution in [2.75, 3.05) is 0 Å². The molecule has 0 amide bonds. The molecule has 0 aliphatic heterocycles. The summed E-state index contributed by atoms with van der Waals surface area (Å²) in [4.78, 5) is 10.8. The molecule has 0 spiro atoms. The Morgan fingerprint density at radius 1 is 1.17 bits per heavy atom. The van der Waals surface area contributed by atoms with Crippen LogP contribution < -0.4 is 0 Å². The molecule has 12 heavy (non-hydrogen) atoms. The van der Waals surface area contributed by atoms with Crippen LogP contribution in [0.4, 0.5) is 0 Å². The summed E-state index contributed by atoms with van der Waals surface area (Å²) in [6, 6.07) is 0. The number of carbonyl (C=O) groups is 1. The second-order valence-electron chi connectivity index (χ2n) is 3.83. The quantitative estimate of drug-likeness (QED) is 0.576. The highest BCUT2D eigenvalue weighted by Crippen LogP contribution is 2.29. The van der Waals surface area contributed by atoms with Crippen LogP contribution in [0.25, 0.3) is 0 Å². The SMILES string of the molecule is CC(=O)/C=C(\C)C1CCCCC1. The monoisotopic (exact) mass is 166 g/mol. The second-order valence-corrected chi connectivity index (χ2v) is 3.83. The third kappa shape index (κ3) is 2.80. The summed E-state index contributed by atoms with van der Waals surface area (Å²) in [5, 5.41) is 0. The van der Waals surface area contributed by atoms with Crippen molar-refractivity contribution in [2.24, 2.45) is 5.92 Å². The van der Waals surface area contributed by atoms with E-state index in [2.05, 4.69) is 6.92 Å². The number of rotatable bonds is 2. The van der Waals surface area contributed by atoms with Gasteiger partial charge in [-0.3, -0.25) is 4.79 Å². The molecule has 1 aliphatic rings. The lowest BCUT2D eigenvalue weighted by Crippen LogP contribution is -2.08. The van der Waals surface area contributed by atoms with Crippen LogP contribution in [0.2, 0.25) is 0 Å². The summed E-state index contributed by atoms with van der Waals surface area (Å²) >= 11 is 0. The molecule has 1 heteroatoms. The fourth-order valence-corrected chi connectivity index (χ4v) is 2.00. The molecule has 1 aliphatic carbocycles. The Bertz CT molecular complexity index is 185. The minimum Gasteiger partial charge on any atom is -0.295 e. The maximum atomic E-state index is 10.8. The number of allylic oxidation sites excluding steroid dienone is 2. The average molecular weight is 166 g/mol. The van der Waals surface area contributed by atoms with Gasteiger partial charge in [0.1, 0.15) is 0 Å². The van der Waals surface area contributed by atoms with Crippen LogP contribution in [0, 0.1) is 5.92 Å². The lowest BCUT2D eigenvalue weighted by atomic mass is 9.84. The predicted molar refractivity (Wildman–Crippen MR) is 51.0 cm³/mol. The predicted octanol–water partition coefficient (Wildman–Crippen LogP) is 3.10. The van der Waals surface area contributed by atoms with Crippen LogP contribution in [0.3, 0.4) is 0 Å². The molecular weight excluding hydrogens is 148 g/mol. The van der Waals surface area contributed by atoms with E-state index in [-0.39, 0.29) is 5.78 Å². The first kappa shape index (κ1) is 9.50. The van der Waals surface area contributed by atoms with Crippen molar-refractivity contribution >= 4 is 5.78 Å². The van der Waals surface area contributed by atoms with Crippen LogP contribution in [0.15, 0.2) is 11.6 Å². The van der Waals surface area contributed by atoms with E-state index in [9.17, 15) is 4.79 Å². The van der Waals surface area contributed by atoms with Crippen LogP contribution in [-0.4, -0.2) is 5.78 Å². The number of hydrogen-bond acceptors (Lipinski definition) is 1. The van der Waals surface area contributed by atoms with Crippen molar-refractivity contribution in [1.29, 1.82) is 0 Å². The van der Waals surface area contributed by atoms with Gasteiger partial charge in [-0.15, -0.1) is 0 Å². The maximum absolute atomic E-state index is 10.8. The first-order chi connectivity index (χ1) is 5.70. The first-order valence-corrected chi connectivity index (χ1v) is 4.89. The Morgan fingerprint density at radius 3 is 2.25 bits per heavy atom. The smallest absolute Gasteiger partial charge is 0.152 e. The zero-order chi connectivity index (χ0) is 8.97. The molecule has 0 atom stereocenters. The van der Waals surface area contributed by atoms with Gasteiger partial charge in [0, 0.05) is 0 Å². The zero-order valence-corrected chi connectivity index (χ0v) is 8.10. The zero-order valence-electron chi connectivity index (χ0n) is 8.10. The molecule has 1 nitrogen and oxygen atoms in total. The first-order valence-electron chi connectivity index (χ1n) is 4.89. The molecular formula is C11H18O. The Kier molecular flexibility index (Phi) is 3.51. The highest BCUT2D eigenvalue weighted by Gasteiger charge is 2.14. The van der Waals surface area contributed by atoms with Crippen molar-refractivity contribution in [3.63, 3.8) is 0 Å². The molecule has 1 rings (SSSR count). The van der Waals surface area contributed by atoms with E-state index >= 15 is 0 Å². The van der Waals surface area contributed by atoms with Gasteiger partial charge < -0.3 is 0 Å². The molecule has 0 radical (unpaired) electrons. The van der Waals surface area contributed by atoms with Crippen molar-refractivity contribution in [3.05, 3.63) is 11.6 Å². The van der Waals surface area contributed by atoms with Crippen molar-refractivity contribution in [2.45, 2.75) is 46.0 Å². The normalized spacial score (nSPS) is 21.0. The highest BCUT2D eigenvalue weighted by molar-refractivity contribution is 5.87. The standard InChI is InChI=1S/C11H18O/c1-9(8-10(2)12)11-6-4-3-5-7-11/h8,11H,3-7H2,1-2H3/b9-8+. The summed E-state index contributed by atoms with van der Waals surface area (Å²) in [6.07, 6.45) is 8.44. The molecule has 1 fully saturated rings. The van der Waals surface area contributed by atoms with E-state index in [1.807, 2.05) is 0 Å². The topological polar surface area (TPSA) is 17.1 Å². The number of hydrogen-bond donors (Lipinski definition) is 0. The Labute approximate surface area is 74.9 Å².